The molecule has 1 aromatic heterocycles. The summed E-state index contributed by atoms with van der Waals surface area (Å²) < 4.78 is 0. The fraction of sp³-hybridized carbons (Fsp3) is 0.375. The van der Waals surface area contributed by atoms with Crippen LogP contribution in [0.4, 0.5) is 0 Å². The van der Waals surface area contributed by atoms with Gasteiger partial charge in [-0.15, -0.1) is 0 Å². The van der Waals surface area contributed by atoms with Gasteiger partial charge < -0.3 is 4.90 Å². The van der Waals surface area contributed by atoms with Gasteiger partial charge in [-0.2, -0.15) is 0 Å². The van der Waals surface area contributed by atoms with Gasteiger partial charge in [-0.3, -0.25) is 0 Å². The Morgan fingerprint density at radius 2 is 1.82 bits per heavy atom. The van der Waals surface area contributed by atoms with Crippen molar-refractivity contribution in [2.24, 2.45) is 0 Å². The number of hydrogen-bond donors (Lipinski definition) is 0. The van der Waals surface area contributed by atoms with Crippen molar-refractivity contribution in [3.05, 3.63) is 29.1 Å². The van der Waals surface area contributed by atoms with E-state index in [0.717, 1.165) is 4.92 Å². The molecule has 1 heterocycles. The third-order valence-electron chi connectivity index (χ3n) is 0.733. The summed E-state index contributed by atoms with van der Waals surface area (Å²) in [5.74, 6) is 1.91. The van der Waals surface area contributed by atoms with Crippen molar-refractivity contribution >= 4 is 18.5 Å². The van der Waals surface area contributed by atoms with Gasteiger partial charge in [0.15, 0.2) is 0 Å². The minimum absolute atomic E-state index is 0.794. The summed E-state index contributed by atoms with van der Waals surface area (Å²) in [6.07, 6.45) is 0. The predicted molar refractivity (Wildman–Crippen MR) is 52.4 cm³/mol. The molecule has 0 N–H and O–H groups in total. The SMILES string of the molecule is CN(C)C.Clc1bcccc1. The molecule has 0 spiro atoms. The zero-order valence-corrected chi connectivity index (χ0v) is 7.97. The number of halogens is 1. The van der Waals surface area contributed by atoms with Gasteiger partial charge in [0.1, 0.15) is 0 Å². The first-order valence-electron chi connectivity index (χ1n) is 3.44. The molecule has 11 heavy (non-hydrogen) atoms. The average molecular weight is 169 g/mol. The Morgan fingerprint density at radius 1 is 1.27 bits per heavy atom. The summed E-state index contributed by atoms with van der Waals surface area (Å²) >= 11 is 5.54. The second-order valence-corrected chi connectivity index (χ2v) is 3.07. The van der Waals surface area contributed by atoms with Crippen LogP contribution in [0.3, 0.4) is 0 Å². The van der Waals surface area contributed by atoms with Gasteiger partial charge in [-0.25, -0.2) is 0 Å². The van der Waals surface area contributed by atoms with E-state index in [0.29, 0.717) is 0 Å². The Labute approximate surface area is 74.2 Å². The van der Waals surface area contributed by atoms with Crippen molar-refractivity contribution in [3.63, 3.8) is 0 Å². The van der Waals surface area contributed by atoms with Crippen LogP contribution in [0.2, 0.25) is 4.92 Å². The van der Waals surface area contributed by atoms with E-state index in [1.165, 1.54) is 0 Å². The molecule has 0 saturated heterocycles. The Morgan fingerprint density at radius 3 is 2.00 bits per heavy atom. The van der Waals surface area contributed by atoms with E-state index in [1.807, 2.05) is 57.1 Å². The summed E-state index contributed by atoms with van der Waals surface area (Å²) in [6, 6.07) is 5.69. The molecule has 0 fully saturated rings. The van der Waals surface area contributed by atoms with Crippen LogP contribution in [-0.2, 0) is 0 Å². The van der Waals surface area contributed by atoms with E-state index < -0.39 is 0 Å². The van der Waals surface area contributed by atoms with E-state index >= 15 is 0 Å². The van der Waals surface area contributed by atoms with E-state index in [1.54, 1.807) is 0 Å². The molecule has 0 bridgehead atoms. The van der Waals surface area contributed by atoms with Gasteiger partial charge in [0.25, 0.3) is 0 Å². The molecular formula is C8H13BClN. The maximum atomic E-state index is 5.54. The predicted octanol–water partition coefficient (Wildman–Crippen LogP) is 1.86. The van der Waals surface area contributed by atoms with E-state index in [-0.39, 0.29) is 0 Å². The standard InChI is InChI=1S/C5H4BCl.C3H9N/c7-5-3-1-2-4-6-5;1-4(2)3/h1-4H;1-3H3. The molecule has 1 rings (SSSR count). The molecule has 3 heteroatoms. The van der Waals surface area contributed by atoms with E-state index in [4.69, 9.17) is 11.6 Å². The van der Waals surface area contributed by atoms with E-state index in [9.17, 15) is 0 Å². The van der Waals surface area contributed by atoms with Crippen molar-refractivity contribution < 1.29 is 0 Å². The summed E-state index contributed by atoms with van der Waals surface area (Å²) in [4.78, 5) is 2.79. The van der Waals surface area contributed by atoms with Gasteiger partial charge in [0, 0.05) is 0 Å². The normalized spacial score (nSPS) is 8.45. The number of nitrogens with zero attached hydrogens (tertiary/aromatic N) is 1. The summed E-state index contributed by atoms with van der Waals surface area (Å²) in [7, 11) is 6.00. The fourth-order valence-electron chi connectivity index (χ4n) is 0.415. The second kappa shape index (κ2) is 6.38. The molecule has 0 aliphatic heterocycles. The first-order valence-corrected chi connectivity index (χ1v) is 3.82. The molecule has 0 amide bonds. The van der Waals surface area contributed by atoms with Gasteiger partial charge in [-0.1, -0.05) is 0 Å². The van der Waals surface area contributed by atoms with E-state index in [2.05, 4.69) is 0 Å². The average Bonchev–Trinajstić information content (AvgIpc) is 1.87. The van der Waals surface area contributed by atoms with Gasteiger partial charge in [0.2, 0.25) is 0 Å². The molecule has 0 aromatic carbocycles. The summed E-state index contributed by atoms with van der Waals surface area (Å²) in [6.45, 7) is 1.85. The van der Waals surface area contributed by atoms with Gasteiger partial charge in [0.05, 0.1) is 0 Å². The molecule has 0 aliphatic carbocycles. The molecular weight excluding hydrogens is 156 g/mol. The number of rotatable bonds is 0. The Kier molecular flexibility index (Phi) is 6.19. The van der Waals surface area contributed by atoms with Crippen molar-refractivity contribution in [3.8, 4) is 0 Å². The third-order valence-corrected chi connectivity index (χ3v) is 0.985. The zero-order valence-electron chi connectivity index (χ0n) is 7.21. The minimum atomic E-state index is 0.794. The molecule has 0 unspecified atom stereocenters. The van der Waals surface area contributed by atoms with Crippen LogP contribution in [0.25, 0.3) is 0 Å². The van der Waals surface area contributed by atoms with Crippen molar-refractivity contribution in [2.45, 2.75) is 0 Å². The van der Waals surface area contributed by atoms with Crippen LogP contribution in [-0.4, -0.2) is 33.0 Å². The molecule has 0 radical (unpaired) electrons. The first kappa shape index (κ1) is 10.7. The maximum absolute atomic E-state index is 5.54. The summed E-state index contributed by atoms with van der Waals surface area (Å²) in [5, 5.41) is 0. The third kappa shape index (κ3) is 9.66. The fourth-order valence-corrected chi connectivity index (χ4v) is 0.560. The molecule has 1 nitrogen and oxygen atoms in total. The Balaban J connectivity index is 0.000000218. The van der Waals surface area contributed by atoms with Crippen LogP contribution in [0.15, 0.2) is 24.2 Å². The van der Waals surface area contributed by atoms with Crippen molar-refractivity contribution in [1.29, 1.82) is 0 Å². The van der Waals surface area contributed by atoms with Crippen molar-refractivity contribution in [1.82, 2.24) is 4.90 Å². The van der Waals surface area contributed by atoms with Crippen molar-refractivity contribution in [2.75, 3.05) is 21.1 Å². The molecule has 0 atom stereocenters. The molecule has 0 saturated carbocycles. The van der Waals surface area contributed by atoms with Crippen LogP contribution in [0.1, 0.15) is 0 Å². The topological polar surface area (TPSA) is 3.24 Å². The monoisotopic (exact) mass is 169 g/mol. The molecule has 60 valence electrons. The van der Waals surface area contributed by atoms with Crippen LogP contribution in [0.5, 0.6) is 0 Å². The summed E-state index contributed by atoms with van der Waals surface area (Å²) in [5.41, 5.74) is 0. The van der Waals surface area contributed by atoms with Crippen LogP contribution >= 0.6 is 11.6 Å². The quantitative estimate of drug-likeness (QED) is 0.573. The van der Waals surface area contributed by atoms with Crippen LogP contribution in [0, 0.1) is 0 Å². The molecule has 0 aliphatic rings. The number of hydrogen-bond acceptors (Lipinski definition) is 1. The Bertz CT molecular complexity index is 174. The van der Waals surface area contributed by atoms with Crippen LogP contribution < -0.4 is 0 Å². The van der Waals surface area contributed by atoms with Gasteiger partial charge in [-0.05, 0) is 21.1 Å². The zero-order chi connectivity index (χ0) is 8.69. The molecule has 1 aromatic rings. The Hall–Kier alpha value is -0.335. The first-order chi connectivity index (χ1) is 5.13. The second-order valence-electron chi connectivity index (χ2n) is 2.64. The van der Waals surface area contributed by atoms with Gasteiger partial charge >= 0.3 is 47.6 Å².